The van der Waals surface area contributed by atoms with Crippen molar-refractivity contribution in [3.63, 3.8) is 0 Å². The molecule has 1 atom stereocenters. The van der Waals surface area contributed by atoms with Gasteiger partial charge in [-0.3, -0.25) is 4.98 Å². The fourth-order valence-electron chi connectivity index (χ4n) is 1.58. The maximum atomic E-state index is 5.98. The Morgan fingerprint density at radius 1 is 1.35 bits per heavy atom. The van der Waals surface area contributed by atoms with E-state index < -0.39 is 0 Å². The van der Waals surface area contributed by atoms with E-state index in [0.717, 1.165) is 20.7 Å². The summed E-state index contributed by atoms with van der Waals surface area (Å²) < 4.78 is 0.953. The van der Waals surface area contributed by atoms with Gasteiger partial charge in [0, 0.05) is 23.5 Å². The van der Waals surface area contributed by atoms with Crippen LogP contribution < -0.4 is 5.32 Å². The standard InChI is InChI=1S/C13H12BrClN2/c1-9(10-3-2-4-11(15)7-10)17-13-5-6-16-8-12(13)14/h2-9H,1H3,(H,16,17). The highest BCUT2D eigenvalue weighted by molar-refractivity contribution is 9.10. The molecule has 2 rings (SSSR count). The predicted octanol–water partition coefficient (Wildman–Crippen LogP) is 4.67. The van der Waals surface area contributed by atoms with Crippen LogP contribution in [-0.2, 0) is 0 Å². The summed E-state index contributed by atoms with van der Waals surface area (Å²) >= 11 is 9.44. The summed E-state index contributed by atoms with van der Waals surface area (Å²) in [6, 6.07) is 9.97. The molecule has 2 aromatic rings. The molecule has 0 aliphatic carbocycles. The van der Waals surface area contributed by atoms with Crippen molar-refractivity contribution < 1.29 is 0 Å². The Morgan fingerprint density at radius 2 is 2.18 bits per heavy atom. The van der Waals surface area contributed by atoms with Gasteiger partial charge in [-0.25, -0.2) is 0 Å². The number of hydrogen-bond donors (Lipinski definition) is 1. The zero-order valence-corrected chi connectivity index (χ0v) is 11.7. The van der Waals surface area contributed by atoms with E-state index in [1.54, 1.807) is 12.4 Å². The molecule has 4 heteroatoms. The van der Waals surface area contributed by atoms with Gasteiger partial charge in [0.05, 0.1) is 10.2 Å². The molecule has 0 saturated carbocycles. The van der Waals surface area contributed by atoms with Crippen molar-refractivity contribution in [2.75, 3.05) is 5.32 Å². The summed E-state index contributed by atoms with van der Waals surface area (Å²) in [6.45, 7) is 2.10. The first-order valence-corrected chi connectivity index (χ1v) is 6.45. The number of nitrogens with one attached hydrogen (secondary N) is 1. The topological polar surface area (TPSA) is 24.9 Å². The summed E-state index contributed by atoms with van der Waals surface area (Å²) in [5.74, 6) is 0. The number of benzene rings is 1. The third-order valence-corrected chi connectivity index (χ3v) is 3.36. The second kappa shape index (κ2) is 5.52. The highest BCUT2D eigenvalue weighted by atomic mass is 79.9. The van der Waals surface area contributed by atoms with Gasteiger partial charge in [0.1, 0.15) is 0 Å². The molecule has 0 aliphatic heterocycles. The van der Waals surface area contributed by atoms with E-state index in [4.69, 9.17) is 11.6 Å². The number of anilines is 1. The Balaban J connectivity index is 2.17. The van der Waals surface area contributed by atoms with E-state index in [1.165, 1.54) is 0 Å². The van der Waals surface area contributed by atoms with Gasteiger partial charge in [-0.2, -0.15) is 0 Å². The van der Waals surface area contributed by atoms with Crippen LogP contribution in [0.5, 0.6) is 0 Å². The monoisotopic (exact) mass is 310 g/mol. The summed E-state index contributed by atoms with van der Waals surface area (Å²) in [7, 11) is 0. The Labute approximate surface area is 114 Å². The molecule has 88 valence electrons. The predicted molar refractivity (Wildman–Crippen MR) is 75.4 cm³/mol. The van der Waals surface area contributed by atoms with Gasteiger partial charge in [-0.15, -0.1) is 0 Å². The molecule has 17 heavy (non-hydrogen) atoms. The van der Waals surface area contributed by atoms with E-state index in [1.807, 2.05) is 24.3 Å². The number of nitrogens with zero attached hydrogens (tertiary/aromatic N) is 1. The van der Waals surface area contributed by atoms with Crippen molar-refractivity contribution >= 4 is 33.2 Å². The first kappa shape index (κ1) is 12.4. The van der Waals surface area contributed by atoms with Gasteiger partial charge >= 0.3 is 0 Å². The lowest BCUT2D eigenvalue weighted by molar-refractivity contribution is 0.883. The first-order valence-electron chi connectivity index (χ1n) is 5.28. The van der Waals surface area contributed by atoms with Crippen molar-refractivity contribution in [2.24, 2.45) is 0 Å². The fourth-order valence-corrected chi connectivity index (χ4v) is 2.15. The molecule has 0 amide bonds. The van der Waals surface area contributed by atoms with Crippen LogP contribution in [0.2, 0.25) is 5.02 Å². The van der Waals surface area contributed by atoms with E-state index in [-0.39, 0.29) is 6.04 Å². The lowest BCUT2D eigenvalue weighted by Gasteiger charge is -2.16. The van der Waals surface area contributed by atoms with Crippen molar-refractivity contribution in [1.82, 2.24) is 4.98 Å². The summed E-state index contributed by atoms with van der Waals surface area (Å²) in [4.78, 5) is 4.03. The minimum Gasteiger partial charge on any atom is -0.378 e. The Hall–Kier alpha value is -1.06. The molecule has 2 nitrogen and oxygen atoms in total. The number of rotatable bonds is 3. The molecule has 1 aromatic carbocycles. The van der Waals surface area contributed by atoms with Gasteiger partial charge in [-0.1, -0.05) is 23.7 Å². The van der Waals surface area contributed by atoms with Gasteiger partial charge < -0.3 is 5.32 Å². The fraction of sp³-hybridized carbons (Fsp3) is 0.154. The largest absolute Gasteiger partial charge is 0.378 e. The van der Waals surface area contributed by atoms with E-state index in [2.05, 4.69) is 39.2 Å². The maximum Gasteiger partial charge on any atom is 0.0590 e. The molecule has 0 saturated heterocycles. The second-order valence-corrected chi connectivity index (χ2v) is 5.07. The highest BCUT2D eigenvalue weighted by Gasteiger charge is 2.07. The summed E-state index contributed by atoms with van der Waals surface area (Å²) in [6.07, 6.45) is 3.53. The zero-order valence-electron chi connectivity index (χ0n) is 9.32. The molecular weight excluding hydrogens is 300 g/mol. The van der Waals surface area contributed by atoms with Gasteiger partial charge in [-0.05, 0) is 46.6 Å². The average Bonchev–Trinajstić information content (AvgIpc) is 2.32. The molecule has 0 spiro atoms. The van der Waals surface area contributed by atoms with Gasteiger partial charge in [0.2, 0.25) is 0 Å². The Kier molecular flexibility index (Phi) is 4.02. The number of halogens is 2. The molecule has 1 heterocycles. The number of pyridine rings is 1. The van der Waals surface area contributed by atoms with E-state index >= 15 is 0 Å². The summed E-state index contributed by atoms with van der Waals surface area (Å²) in [5.41, 5.74) is 2.17. The van der Waals surface area contributed by atoms with Gasteiger partial charge in [0.25, 0.3) is 0 Å². The van der Waals surface area contributed by atoms with Crippen molar-refractivity contribution in [3.8, 4) is 0 Å². The van der Waals surface area contributed by atoms with Crippen molar-refractivity contribution in [1.29, 1.82) is 0 Å². The third-order valence-electron chi connectivity index (χ3n) is 2.49. The Bertz CT molecular complexity index is 516. The third kappa shape index (κ3) is 3.20. The van der Waals surface area contributed by atoms with Crippen LogP contribution in [0.25, 0.3) is 0 Å². The van der Waals surface area contributed by atoms with Gasteiger partial charge in [0.15, 0.2) is 0 Å². The molecule has 0 bridgehead atoms. The highest BCUT2D eigenvalue weighted by Crippen LogP contribution is 2.26. The quantitative estimate of drug-likeness (QED) is 0.891. The second-order valence-electron chi connectivity index (χ2n) is 3.78. The van der Waals surface area contributed by atoms with Crippen LogP contribution in [0.4, 0.5) is 5.69 Å². The first-order chi connectivity index (χ1) is 8.16. The minimum absolute atomic E-state index is 0.187. The SMILES string of the molecule is CC(Nc1ccncc1Br)c1cccc(Cl)c1. The number of aromatic nitrogens is 1. The van der Waals surface area contributed by atoms with Crippen LogP contribution in [0.15, 0.2) is 47.2 Å². The maximum absolute atomic E-state index is 5.98. The van der Waals surface area contributed by atoms with Crippen LogP contribution >= 0.6 is 27.5 Å². The molecule has 0 radical (unpaired) electrons. The average molecular weight is 312 g/mol. The summed E-state index contributed by atoms with van der Waals surface area (Å²) in [5, 5.41) is 4.16. The van der Waals surface area contributed by atoms with Crippen LogP contribution in [0.1, 0.15) is 18.5 Å². The Morgan fingerprint density at radius 3 is 2.88 bits per heavy atom. The lowest BCUT2D eigenvalue weighted by Crippen LogP contribution is -2.07. The van der Waals surface area contributed by atoms with Crippen molar-refractivity contribution in [3.05, 3.63) is 57.8 Å². The van der Waals surface area contributed by atoms with E-state index in [9.17, 15) is 0 Å². The molecule has 1 unspecified atom stereocenters. The minimum atomic E-state index is 0.187. The van der Waals surface area contributed by atoms with Crippen LogP contribution in [0, 0.1) is 0 Å². The van der Waals surface area contributed by atoms with Crippen LogP contribution in [0.3, 0.4) is 0 Å². The van der Waals surface area contributed by atoms with Crippen LogP contribution in [-0.4, -0.2) is 4.98 Å². The zero-order chi connectivity index (χ0) is 12.3. The smallest absolute Gasteiger partial charge is 0.0590 e. The molecule has 0 fully saturated rings. The molecule has 0 aliphatic rings. The normalized spacial score (nSPS) is 12.2. The van der Waals surface area contributed by atoms with E-state index in [0.29, 0.717) is 0 Å². The molecule has 1 aromatic heterocycles. The lowest BCUT2D eigenvalue weighted by atomic mass is 10.1. The van der Waals surface area contributed by atoms with Crippen molar-refractivity contribution in [2.45, 2.75) is 13.0 Å². The molecular formula is C13H12BrClN2. The molecule has 1 N–H and O–H groups in total. The number of hydrogen-bond acceptors (Lipinski definition) is 2.